The largest absolute Gasteiger partial charge is 0.452 e. The van der Waals surface area contributed by atoms with E-state index in [1.807, 2.05) is 29.2 Å². The first-order valence-corrected chi connectivity index (χ1v) is 11.6. The Kier molecular flexibility index (Phi) is 6.05. The number of carbonyl (C=O) groups is 2. The molecule has 1 saturated heterocycles. The lowest BCUT2D eigenvalue weighted by atomic mass is 9.70. The number of likely N-dealkylation sites (tertiary alicyclic amines) is 1. The lowest BCUT2D eigenvalue weighted by Crippen LogP contribution is -2.40. The van der Waals surface area contributed by atoms with E-state index < -0.39 is 5.97 Å². The molecule has 2 aliphatic rings. The van der Waals surface area contributed by atoms with E-state index in [0.29, 0.717) is 17.4 Å². The molecule has 0 unspecified atom stereocenters. The number of ether oxygens (including phenoxy) is 1. The second kappa shape index (κ2) is 8.60. The molecular weight excluding hydrogens is 388 g/mol. The van der Waals surface area contributed by atoms with Gasteiger partial charge in [0.2, 0.25) is 0 Å². The summed E-state index contributed by atoms with van der Waals surface area (Å²) in [6.45, 7) is 10.3. The van der Waals surface area contributed by atoms with Crippen LogP contribution in [0.1, 0.15) is 68.6 Å². The minimum atomic E-state index is -0.400. The Labute approximate surface area is 185 Å². The van der Waals surface area contributed by atoms with Crippen LogP contribution in [-0.4, -0.2) is 41.5 Å². The highest BCUT2D eigenvalue weighted by atomic mass is 16.5. The third-order valence-corrected chi connectivity index (χ3v) is 7.15. The lowest BCUT2D eigenvalue weighted by Gasteiger charge is -2.35. The Morgan fingerprint density at radius 1 is 1.13 bits per heavy atom. The second-order valence-electron chi connectivity index (χ2n) is 10.4. The molecule has 166 valence electrons. The summed E-state index contributed by atoms with van der Waals surface area (Å²) in [5, 5.41) is 0.819. The predicted octanol–water partition coefficient (Wildman–Crippen LogP) is 4.80. The summed E-state index contributed by atoms with van der Waals surface area (Å²) in [6, 6.07) is 7.76. The zero-order valence-corrected chi connectivity index (χ0v) is 19.2. The van der Waals surface area contributed by atoms with Crippen molar-refractivity contribution < 1.29 is 14.3 Å². The van der Waals surface area contributed by atoms with Gasteiger partial charge in [0.05, 0.1) is 11.1 Å². The molecule has 31 heavy (non-hydrogen) atoms. The number of para-hydroxylation sites is 1. The standard InChI is InChI=1S/C26H34N2O3/c1-17-11-13-28(14-12-17)23(29)16-31-25(30)24-19-7-5-6-8-21(19)27-22-10-9-18(15-20(22)24)26(2,3)4/h5-8,17-18H,9-16H2,1-4H3/t18-/m0/s1. The van der Waals surface area contributed by atoms with E-state index in [1.54, 1.807) is 0 Å². The van der Waals surface area contributed by atoms with Crippen LogP contribution in [-0.2, 0) is 22.4 Å². The monoisotopic (exact) mass is 422 g/mol. The number of carbonyl (C=O) groups excluding carboxylic acids is 2. The molecule has 1 aromatic carbocycles. The highest BCUT2D eigenvalue weighted by Crippen LogP contribution is 2.39. The quantitative estimate of drug-likeness (QED) is 0.667. The molecule has 5 heteroatoms. The molecule has 1 aromatic heterocycles. The van der Waals surface area contributed by atoms with Crippen LogP contribution in [0.15, 0.2) is 24.3 Å². The van der Waals surface area contributed by atoms with Gasteiger partial charge < -0.3 is 9.64 Å². The Hall–Kier alpha value is -2.43. The summed E-state index contributed by atoms with van der Waals surface area (Å²) in [4.78, 5) is 32.6. The maximum Gasteiger partial charge on any atom is 0.339 e. The lowest BCUT2D eigenvalue weighted by molar-refractivity contribution is -0.135. The van der Waals surface area contributed by atoms with E-state index in [0.717, 1.165) is 67.4 Å². The van der Waals surface area contributed by atoms with Gasteiger partial charge in [0.25, 0.3) is 5.91 Å². The number of hydrogen-bond donors (Lipinski definition) is 0. The molecule has 0 bridgehead atoms. The first-order chi connectivity index (χ1) is 14.7. The number of fused-ring (bicyclic) bond motifs is 2. The van der Waals surface area contributed by atoms with E-state index in [2.05, 4.69) is 27.7 Å². The fourth-order valence-electron chi connectivity index (χ4n) is 4.91. The molecule has 0 saturated carbocycles. The Balaban J connectivity index is 1.60. The summed E-state index contributed by atoms with van der Waals surface area (Å²) in [6.07, 6.45) is 4.78. The molecule has 1 aliphatic heterocycles. The van der Waals surface area contributed by atoms with Crippen LogP contribution in [0.3, 0.4) is 0 Å². The summed E-state index contributed by atoms with van der Waals surface area (Å²) >= 11 is 0. The van der Waals surface area contributed by atoms with E-state index in [4.69, 9.17) is 9.72 Å². The topological polar surface area (TPSA) is 59.5 Å². The van der Waals surface area contributed by atoms with Crippen LogP contribution < -0.4 is 0 Å². The first-order valence-electron chi connectivity index (χ1n) is 11.6. The van der Waals surface area contributed by atoms with Crippen molar-refractivity contribution in [2.24, 2.45) is 17.3 Å². The number of pyridine rings is 1. The zero-order valence-electron chi connectivity index (χ0n) is 19.2. The number of hydrogen-bond acceptors (Lipinski definition) is 4. The molecule has 4 rings (SSSR count). The smallest absolute Gasteiger partial charge is 0.339 e. The number of aromatic nitrogens is 1. The number of esters is 1. The molecule has 0 spiro atoms. The predicted molar refractivity (Wildman–Crippen MR) is 122 cm³/mol. The number of amides is 1. The van der Waals surface area contributed by atoms with Crippen LogP contribution in [0.2, 0.25) is 0 Å². The van der Waals surface area contributed by atoms with Gasteiger partial charge in [0.15, 0.2) is 6.61 Å². The van der Waals surface area contributed by atoms with Crippen molar-refractivity contribution in [1.82, 2.24) is 9.88 Å². The number of piperidine rings is 1. The van der Waals surface area contributed by atoms with Crippen molar-refractivity contribution in [3.05, 3.63) is 41.1 Å². The van der Waals surface area contributed by atoms with Gasteiger partial charge in [-0.2, -0.15) is 0 Å². The van der Waals surface area contributed by atoms with Crippen molar-refractivity contribution in [2.45, 2.75) is 59.8 Å². The van der Waals surface area contributed by atoms with Gasteiger partial charge in [0.1, 0.15) is 0 Å². The van der Waals surface area contributed by atoms with Crippen LogP contribution in [0.4, 0.5) is 0 Å². The van der Waals surface area contributed by atoms with E-state index in [1.165, 1.54) is 0 Å². The Morgan fingerprint density at radius 3 is 2.55 bits per heavy atom. The van der Waals surface area contributed by atoms with Crippen molar-refractivity contribution >= 4 is 22.8 Å². The summed E-state index contributed by atoms with van der Waals surface area (Å²) in [5.74, 6) is 0.631. The van der Waals surface area contributed by atoms with E-state index in [-0.39, 0.29) is 17.9 Å². The van der Waals surface area contributed by atoms with Crippen molar-refractivity contribution in [1.29, 1.82) is 0 Å². The van der Waals surface area contributed by atoms with Gasteiger partial charge in [-0.1, -0.05) is 45.9 Å². The van der Waals surface area contributed by atoms with Crippen LogP contribution in [0, 0.1) is 17.3 Å². The summed E-state index contributed by atoms with van der Waals surface area (Å²) in [7, 11) is 0. The Morgan fingerprint density at radius 2 is 1.84 bits per heavy atom. The van der Waals surface area contributed by atoms with Gasteiger partial charge in [-0.15, -0.1) is 0 Å². The Bertz CT molecular complexity index is 984. The van der Waals surface area contributed by atoms with Gasteiger partial charge in [-0.05, 0) is 61.0 Å². The van der Waals surface area contributed by atoms with Crippen LogP contribution in [0.25, 0.3) is 10.9 Å². The number of nitrogens with zero attached hydrogens (tertiary/aromatic N) is 2. The molecular formula is C26H34N2O3. The zero-order chi connectivity index (χ0) is 22.2. The van der Waals surface area contributed by atoms with Crippen molar-refractivity contribution in [3.8, 4) is 0 Å². The van der Waals surface area contributed by atoms with Gasteiger partial charge in [0, 0.05) is 24.2 Å². The van der Waals surface area contributed by atoms with E-state index in [9.17, 15) is 9.59 Å². The average molecular weight is 423 g/mol. The SMILES string of the molecule is CC1CCN(C(=O)COC(=O)c2c3c(nc4ccccc24)CC[C@H](C(C)(C)C)C3)CC1. The van der Waals surface area contributed by atoms with Crippen LogP contribution >= 0.6 is 0 Å². The molecule has 5 nitrogen and oxygen atoms in total. The molecule has 0 radical (unpaired) electrons. The number of aryl methyl sites for hydroxylation is 1. The maximum atomic E-state index is 13.3. The molecule has 1 aliphatic carbocycles. The maximum absolute atomic E-state index is 13.3. The minimum Gasteiger partial charge on any atom is -0.452 e. The minimum absolute atomic E-state index is 0.0972. The molecule has 2 aromatic rings. The second-order valence-corrected chi connectivity index (χ2v) is 10.4. The van der Waals surface area contributed by atoms with Gasteiger partial charge >= 0.3 is 5.97 Å². The van der Waals surface area contributed by atoms with Crippen molar-refractivity contribution in [3.63, 3.8) is 0 Å². The molecule has 1 amide bonds. The van der Waals surface area contributed by atoms with Crippen molar-refractivity contribution in [2.75, 3.05) is 19.7 Å². The average Bonchev–Trinajstić information content (AvgIpc) is 2.75. The fourth-order valence-corrected chi connectivity index (χ4v) is 4.91. The highest BCUT2D eigenvalue weighted by molar-refractivity contribution is 6.05. The van der Waals surface area contributed by atoms with E-state index >= 15 is 0 Å². The molecule has 1 atom stereocenters. The first kappa shape index (κ1) is 21.8. The van der Waals surface area contributed by atoms with Crippen LogP contribution in [0.5, 0.6) is 0 Å². The summed E-state index contributed by atoms with van der Waals surface area (Å²) < 4.78 is 5.61. The number of rotatable bonds is 3. The van der Waals surface area contributed by atoms with Gasteiger partial charge in [-0.25, -0.2) is 4.79 Å². The molecule has 0 N–H and O–H groups in total. The molecule has 2 heterocycles. The normalized spacial score (nSPS) is 19.9. The number of benzene rings is 1. The highest BCUT2D eigenvalue weighted by Gasteiger charge is 2.33. The third-order valence-electron chi connectivity index (χ3n) is 7.15. The van der Waals surface area contributed by atoms with Gasteiger partial charge in [-0.3, -0.25) is 9.78 Å². The fraction of sp³-hybridized carbons (Fsp3) is 0.577. The third kappa shape index (κ3) is 4.60. The molecule has 1 fully saturated rings. The summed E-state index contributed by atoms with van der Waals surface area (Å²) in [5.41, 5.74) is 3.59.